The van der Waals surface area contributed by atoms with E-state index in [4.69, 9.17) is 11.6 Å². The second kappa shape index (κ2) is 7.96. The first kappa shape index (κ1) is 19.8. The molecule has 2 aromatic carbocycles. The van der Waals surface area contributed by atoms with Crippen LogP contribution in [0.25, 0.3) is 0 Å². The third-order valence-electron chi connectivity index (χ3n) is 4.72. The fourth-order valence-corrected chi connectivity index (χ4v) is 4.81. The summed E-state index contributed by atoms with van der Waals surface area (Å²) >= 11 is 5.92. The largest absolute Gasteiger partial charge is 0.326 e. The maximum absolute atomic E-state index is 13.0. The number of sulfonamides is 1. The highest BCUT2D eigenvalue weighted by molar-refractivity contribution is 7.89. The highest BCUT2D eigenvalue weighted by Gasteiger charge is 2.32. The number of halogens is 2. The summed E-state index contributed by atoms with van der Waals surface area (Å²) in [5, 5.41) is 3.49. The van der Waals surface area contributed by atoms with Crippen molar-refractivity contribution in [2.24, 2.45) is 5.92 Å². The van der Waals surface area contributed by atoms with Gasteiger partial charge in [-0.1, -0.05) is 11.6 Å². The van der Waals surface area contributed by atoms with Crippen molar-refractivity contribution in [2.45, 2.75) is 24.7 Å². The summed E-state index contributed by atoms with van der Waals surface area (Å²) < 4.78 is 39.6. The topological polar surface area (TPSA) is 66.5 Å². The van der Waals surface area contributed by atoms with Crippen LogP contribution >= 0.6 is 11.6 Å². The number of nitrogens with zero attached hydrogens (tertiary/aromatic N) is 1. The van der Waals surface area contributed by atoms with Crippen molar-refractivity contribution in [1.82, 2.24) is 4.31 Å². The van der Waals surface area contributed by atoms with Gasteiger partial charge in [0.15, 0.2) is 0 Å². The standard InChI is InChI=1S/C19H20ClFN2O3S/c1-13-12-15(20)2-7-18(13)22-19(24)14-8-10-23(11-9-14)27(25,26)17-5-3-16(21)4-6-17/h2-7,12,14H,8-11H2,1H3,(H,22,24). The third kappa shape index (κ3) is 4.48. The Morgan fingerprint density at radius 1 is 1.15 bits per heavy atom. The van der Waals surface area contributed by atoms with Crippen LogP contribution in [-0.2, 0) is 14.8 Å². The fourth-order valence-electron chi connectivity index (χ4n) is 3.12. The molecule has 8 heteroatoms. The zero-order valence-corrected chi connectivity index (χ0v) is 16.4. The van der Waals surface area contributed by atoms with Crippen LogP contribution in [0.2, 0.25) is 5.02 Å². The molecule has 0 aromatic heterocycles. The van der Waals surface area contributed by atoms with Crippen molar-refractivity contribution < 1.29 is 17.6 Å². The first-order valence-corrected chi connectivity index (χ1v) is 10.4. The van der Waals surface area contributed by atoms with Crippen LogP contribution in [0.1, 0.15) is 18.4 Å². The number of amides is 1. The number of nitrogens with one attached hydrogen (secondary N) is 1. The van der Waals surface area contributed by atoms with Crippen molar-refractivity contribution >= 4 is 33.2 Å². The Labute approximate surface area is 163 Å². The Morgan fingerprint density at radius 2 is 1.78 bits per heavy atom. The fraction of sp³-hybridized carbons (Fsp3) is 0.316. The van der Waals surface area contributed by atoms with Gasteiger partial charge in [0, 0.05) is 29.7 Å². The summed E-state index contributed by atoms with van der Waals surface area (Å²) in [6.07, 6.45) is 0.859. The average Bonchev–Trinajstić information content (AvgIpc) is 2.64. The molecule has 0 bridgehead atoms. The monoisotopic (exact) mass is 410 g/mol. The van der Waals surface area contributed by atoms with E-state index >= 15 is 0 Å². The van der Waals surface area contributed by atoms with Crippen LogP contribution in [0.5, 0.6) is 0 Å². The summed E-state index contributed by atoms with van der Waals surface area (Å²) in [5.74, 6) is -0.874. The molecule has 1 aliphatic rings. The van der Waals surface area contributed by atoms with Crippen LogP contribution in [0.4, 0.5) is 10.1 Å². The van der Waals surface area contributed by atoms with Crippen LogP contribution < -0.4 is 5.32 Å². The van der Waals surface area contributed by atoms with Crippen molar-refractivity contribution in [3.05, 3.63) is 58.9 Å². The minimum absolute atomic E-state index is 0.0589. The summed E-state index contributed by atoms with van der Waals surface area (Å²) in [5.41, 5.74) is 1.57. The van der Waals surface area contributed by atoms with E-state index in [1.165, 1.54) is 16.4 Å². The van der Waals surface area contributed by atoms with E-state index < -0.39 is 15.8 Å². The second-order valence-corrected chi connectivity index (χ2v) is 8.96. The molecule has 5 nitrogen and oxygen atoms in total. The first-order valence-electron chi connectivity index (χ1n) is 8.60. The lowest BCUT2D eigenvalue weighted by Crippen LogP contribution is -2.41. The maximum atomic E-state index is 13.0. The number of aryl methyl sites for hydroxylation is 1. The van der Waals surface area contributed by atoms with Gasteiger partial charge in [-0.3, -0.25) is 4.79 Å². The molecule has 27 heavy (non-hydrogen) atoms. The molecule has 0 aliphatic carbocycles. The van der Waals surface area contributed by atoms with Crippen molar-refractivity contribution in [3.8, 4) is 0 Å². The Morgan fingerprint density at radius 3 is 2.37 bits per heavy atom. The first-order chi connectivity index (χ1) is 12.8. The van der Waals surface area contributed by atoms with E-state index in [0.717, 1.165) is 17.7 Å². The number of carbonyl (C=O) groups is 1. The van der Waals surface area contributed by atoms with Crippen molar-refractivity contribution in [3.63, 3.8) is 0 Å². The van der Waals surface area contributed by atoms with Gasteiger partial charge < -0.3 is 5.32 Å². The Bertz CT molecular complexity index is 940. The molecular formula is C19H20ClFN2O3S. The molecule has 0 unspecified atom stereocenters. The molecule has 0 atom stereocenters. The Kier molecular flexibility index (Phi) is 5.83. The summed E-state index contributed by atoms with van der Waals surface area (Å²) in [4.78, 5) is 12.6. The van der Waals surface area contributed by atoms with Gasteiger partial charge in [-0.15, -0.1) is 0 Å². The number of rotatable bonds is 4. The predicted molar refractivity (Wildman–Crippen MR) is 103 cm³/mol. The summed E-state index contributed by atoms with van der Waals surface area (Å²) in [7, 11) is -3.68. The van der Waals surface area contributed by atoms with Gasteiger partial charge in [-0.25, -0.2) is 12.8 Å². The van der Waals surface area contributed by atoms with Gasteiger partial charge in [0.2, 0.25) is 15.9 Å². The zero-order chi connectivity index (χ0) is 19.6. The molecule has 0 radical (unpaired) electrons. The molecule has 1 fully saturated rings. The van der Waals surface area contributed by atoms with Crippen LogP contribution in [0, 0.1) is 18.7 Å². The SMILES string of the molecule is Cc1cc(Cl)ccc1NC(=O)C1CCN(S(=O)(=O)c2ccc(F)cc2)CC1. The van der Waals surface area contributed by atoms with Crippen LogP contribution in [-0.4, -0.2) is 31.7 Å². The molecule has 3 rings (SSSR count). The second-order valence-electron chi connectivity index (χ2n) is 6.58. The van der Waals surface area contributed by atoms with Gasteiger partial charge in [-0.05, 0) is 67.8 Å². The quantitative estimate of drug-likeness (QED) is 0.833. The number of benzene rings is 2. The lowest BCUT2D eigenvalue weighted by Gasteiger charge is -2.30. The van der Waals surface area contributed by atoms with Crippen LogP contribution in [0.15, 0.2) is 47.4 Å². The van der Waals surface area contributed by atoms with Gasteiger partial charge in [0.05, 0.1) is 4.90 Å². The van der Waals surface area contributed by atoms with Gasteiger partial charge in [0.1, 0.15) is 5.82 Å². The van der Waals surface area contributed by atoms with Gasteiger partial charge >= 0.3 is 0 Å². The molecule has 1 saturated heterocycles. The number of hydrogen-bond donors (Lipinski definition) is 1. The molecule has 144 valence electrons. The van der Waals surface area contributed by atoms with Crippen LogP contribution in [0.3, 0.4) is 0 Å². The Hall–Kier alpha value is -1.96. The van der Waals surface area contributed by atoms with E-state index in [2.05, 4.69) is 5.32 Å². The summed E-state index contributed by atoms with van der Waals surface area (Å²) in [6.45, 7) is 2.36. The number of hydrogen-bond acceptors (Lipinski definition) is 3. The molecule has 1 heterocycles. The highest BCUT2D eigenvalue weighted by atomic mass is 35.5. The van der Waals surface area contributed by atoms with Gasteiger partial charge in [-0.2, -0.15) is 4.31 Å². The van der Waals surface area contributed by atoms with Gasteiger partial charge in [0.25, 0.3) is 0 Å². The smallest absolute Gasteiger partial charge is 0.243 e. The average molecular weight is 411 g/mol. The molecule has 1 amide bonds. The third-order valence-corrected chi connectivity index (χ3v) is 6.87. The van der Waals surface area contributed by atoms with E-state index in [0.29, 0.717) is 23.6 Å². The number of piperidine rings is 1. The minimum atomic E-state index is -3.68. The van der Waals surface area contributed by atoms with E-state index in [1.54, 1.807) is 18.2 Å². The number of carbonyl (C=O) groups excluding carboxylic acids is 1. The van der Waals surface area contributed by atoms with Crippen molar-refractivity contribution in [1.29, 1.82) is 0 Å². The molecular weight excluding hydrogens is 391 g/mol. The minimum Gasteiger partial charge on any atom is -0.326 e. The van der Waals surface area contributed by atoms with E-state index in [-0.39, 0.29) is 29.8 Å². The zero-order valence-electron chi connectivity index (χ0n) is 14.8. The molecule has 2 aromatic rings. The molecule has 0 saturated carbocycles. The predicted octanol–water partition coefficient (Wildman–Crippen LogP) is 3.83. The summed E-state index contributed by atoms with van der Waals surface area (Å²) in [6, 6.07) is 10.0. The molecule has 1 N–H and O–H groups in total. The van der Waals surface area contributed by atoms with E-state index in [9.17, 15) is 17.6 Å². The number of anilines is 1. The van der Waals surface area contributed by atoms with E-state index in [1.807, 2.05) is 6.92 Å². The lowest BCUT2D eigenvalue weighted by atomic mass is 9.97. The molecule has 1 aliphatic heterocycles. The van der Waals surface area contributed by atoms with Crippen molar-refractivity contribution in [2.75, 3.05) is 18.4 Å². The highest BCUT2D eigenvalue weighted by Crippen LogP contribution is 2.26. The normalized spacial score (nSPS) is 16.3. The Balaban J connectivity index is 1.62. The lowest BCUT2D eigenvalue weighted by molar-refractivity contribution is -0.120. The molecule has 0 spiro atoms. The maximum Gasteiger partial charge on any atom is 0.243 e.